The van der Waals surface area contributed by atoms with Crippen LogP contribution in [0.2, 0.25) is 0 Å². The Bertz CT molecular complexity index is 818. The van der Waals surface area contributed by atoms with Crippen LogP contribution in [0.5, 0.6) is 0 Å². The summed E-state index contributed by atoms with van der Waals surface area (Å²) in [6.45, 7) is 5.65. The number of carbonyl (C=O) groups excluding carboxylic acids is 1. The molecular formula is C18H21N2O2+. The molecule has 1 aliphatic carbocycles. The topological polar surface area (TPSA) is 52.9 Å². The Kier molecular flexibility index (Phi) is 2.80. The number of Topliss-reactive ketones (excluding diaryl/α,β-unsaturated/α-hetero) is 1. The first-order valence-electron chi connectivity index (χ1n) is 8.10. The van der Waals surface area contributed by atoms with Crippen LogP contribution in [0.3, 0.4) is 0 Å². The summed E-state index contributed by atoms with van der Waals surface area (Å²) in [5.74, 6) is 0.227. The summed E-state index contributed by atoms with van der Waals surface area (Å²) in [4.78, 5) is 27.9. The van der Waals surface area contributed by atoms with Crippen molar-refractivity contribution in [3.05, 3.63) is 39.6 Å². The second kappa shape index (κ2) is 4.51. The van der Waals surface area contributed by atoms with Gasteiger partial charge in [-0.25, -0.2) is 0 Å². The van der Waals surface area contributed by atoms with E-state index in [1.54, 1.807) is 6.92 Å². The van der Waals surface area contributed by atoms with Crippen LogP contribution in [0.25, 0.3) is 10.8 Å². The molecule has 1 aliphatic heterocycles. The zero-order valence-corrected chi connectivity index (χ0v) is 13.3. The van der Waals surface area contributed by atoms with Gasteiger partial charge in [-0.05, 0) is 37.0 Å². The van der Waals surface area contributed by atoms with Crippen molar-refractivity contribution in [2.24, 2.45) is 0 Å². The Morgan fingerprint density at radius 2 is 2.14 bits per heavy atom. The number of H-pyrrole nitrogens is 1. The maximum absolute atomic E-state index is 12.3. The number of nitrogens with zero attached hydrogens (tertiary/aromatic N) is 1. The normalized spacial score (nSPS) is 27.0. The van der Waals surface area contributed by atoms with Crippen LogP contribution in [0.4, 0.5) is 0 Å². The third-order valence-electron chi connectivity index (χ3n) is 5.53. The van der Waals surface area contributed by atoms with Crippen LogP contribution in [-0.2, 0) is 17.6 Å². The van der Waals surface area contributed by atoms with Gasteiger partial charge in [-0.3, -0.25) is 4.79 Å². The third kappa shape index (κ3) is 1.67. The van der Waals surface area contributed by atoms with Gasteiger partial charge < -0.3 is 4.98 Å². The molecule has 0 spiro atoms. The minimum atomic E-state index is -0.146. The van der Waals surface area contributed by atoms with Gasteiger partial charge in [0.1, 0.15) is 5.78 Å². The van der Waals surface area contributed by atoms with Crippen molar-refractivity contribution in [2.75, 3.05) is 0 Å². The quantitative estimate of drug-likeness (QED) is 0.818. The summed E-state index contributed by atoms with van der Waals surface area (Å²) in [7, 11) is 0. The van der Waals surface area contributed by atoms with Crippen molar-refractivity contribution in [3.8, 4) is 0 Å². The maximum Gasteiger partial charge on any atom is 0.224 e. The molecule has 0 radical (unpaired) electrons. The van der Waals surface area contributed by atoms with E-state index in [0.717, 1.165) is 30.2 Å². The maximum atomic E-state index is 12.3. The lowest BCUT2D eigenvalue weighted by atomic mass is 9.75. The standard InChI is InChI=1S/C18H21N2O2/c1-9-6-15-14(10(2)20(9)22)7-12-8-19-16-5-4-13(11(3)21)18(15)17(12)16/h7-10,13,19H,4-6H2,1-3H3/q+1. The van der Waals surface area contributed by atoms with Crippen LogP contribution in [0.1, 0.15) is 61.5 Å². The van der Waals surface area contributed by atoms with Gasteiger partial charge in [-0.15, -0.1) is 0 Å². The van der Waals surface area contributed by atoms with E-state index >= 15 is 0 Å². The zero-order valence-electron chi connectivity index (χ0n) is 13.3. The summed E-state index contributed by atoms with van der Waals surface area (Å²) in [5.41, 5.74) is 4.80. The summed E-state index contributed by atoms with van der Waals surface area (Å²) in [6.07, 6.45) is 4.57. The minimum absolute atomic E-state index is 0.0154. The lowest BCUT2D eigenvalue weighted by Gasteiger charge is -2.29. The van der Waals surface area contributed by atoms with Gasteiger partial charge in [0.15, 0.2) is 0 Å². The number of nitroso groups, excluding NO2 is 1. The van der Waals surface area contributed by atoms with Gasteiger partial charge in [-0.1, -0.05) is 0 Å². The SMILES string of the molecule is CC(=O)C1CCc2[nH]cc3cc4c(c1c23)CC(C)[N+](=O)C4C. The first kappa shape index (κ1) is 13.7. The van der Waals surface area contributed by atoms with Crippen molar-refractivity contribution in [3.63, 3.8) is 0 Å². The number of ketones is 1. The molecule has 2 heterocycles. The van der Waals surface area contributed by atoms with E-state index in [-0.39, 0.29) is 23.8 Å². The van der Waals surface area contributed by atoms with E-state index in [2.05, 4.69) is 11.1 Å². The molecule has 1 aromatic carbocycles. The Morgan fingerprint density at radius 3 is 2.86 bits per heavy atom. The van der Waals surface area contributed by atoms with Crippen molar-refractivity contribution in [2.45, 2.75) is 58.0 Å². The van der Waals surface area contributed by atoms with Gasteiger partial charge in [-0.2, -0.15) is 0 Å². The molecule has 1 aromatic heterocycles. The van der Waals surface area contributed by atoms with Crippen molar-refractivity contribution < 1.29 is 9.55 Å². The lowest BCUT2D eigenvalue weighted by molar-refractivity contribution is -0.624. The first-order chi connectivity index (χ1) is 10.5. The number of aromatic nitrogens is 1. The van der Waals surface area contributed by atoms with E-state index in [1.165, 1.54) is 27.0 Å². The molecule has 4 nitrogen and oxygen atoms in total. The summed E-state index contributed by atoms with van der Waals surface area (Å²) < 4.78 is 1.19. The van der Waals surface area contributed by atoms with Crippen LogP contribution in [0.15, 0.2) is 12.3 Å². The van der Waals surface area contributed by atoms with Crippen LogP contribution in [0, 0.1) is 4.91 Å². The van der Waals surface area contributed by atoms with Gasteiger partial charge in [0, 0.05) is 64.1 Å². The number of rotatable bonds is 1. The number of aryl methyl sites for hydroxylation is 1. The molecule has 0 amide bonds. The summed E-state index contributed by atoms with van der Waals surface area (Å²) in [6, 6.07) is 1.97. The monoisotopic (exact) mass is 297 g/mol. The van der Waals surface area contributed by atoms with E-state index in [9.17, 15) is 9.70 Å². The van der Waals surface area contributed by atoms with Crippen LogP contribution < -0.4 is 0 Å². The van der Waals surface area contributed by atoms with Crippen LogP contribution >= 0.6 is 0 Å². The Morgan fingerprint density at radius 1 is 1.36 bits per heavy atom. The molecule has 0 bridgehead atoms. The number of hydrogen-bond acceptors (Lipinski definition) is 2. The number of hydrogen-bond donors (Lipinski definition) is 1. The highest BCUT2D eigenvalue weighted by Gasteiger charge is 2.40. The molecule has 0 saturated heterocycles. The number of fused-ring (bicyclic) bond motifs is 2. The average molecular weight is 297 g/mol. The Labute approximate surface area is 129 Å². The third-order valence-corrected chi connectivity index (χ3v) is 5.53. The molecule has 4 heteroatoms. The molecule has 2 aliphatic rings. The fourth-order valence-corrected chi connectivity index (χ4v) is 4.40. The number of aromatic amines is 1. The highest BCUT2D eigenvalue weighted by Crippen LogP contribution is 2.44. The molecule has 3 atom stereocenters. The van der Waals surface area contributed by atoms with Gasteiger partial charge in [0.05, 0.1) is 0 Å². The van der Waals surface area contributed by atoms with E-state index in [4.69, 9.17) is 0 Å². The molecular weight excluding hydrogens is 276 g/mol. The van der Waals surface area contributed by atoms with Crippen molar-refractivity contribution in [1.29, 1.82) is 0 Å². The molecule has 1 N–H and O–H groups in total. The highest BCUT2D eigenvalue weighted by molar-refractivity contribution is 5.97. The minimum Gasteiger partial charge on any atom is -0.364 e. The summed E-state index contributed by atoms with van der Waals surface area (Å²) >= 11 is 0. The molecule has 4 rings (SSSR count). The number of nitrogens with one attached hydrogen (secondary N) is 1. The van der Waals surface area contributed by atoms with E-state index in [1.807, 2.05) is 20.0 Å². The van der Waals surface area contributed by atoms with Gasteiger partial charge in [0.2, 0.25) is 12.1 Å². The Balaban J connectivity index is 2.08. The fraction of sp³-hybridized carbons (Fsp3) is 0.500. The largest absolute Gasteiger partial charge is 0.364 e. The van der Waals surface area contributed by atoms with Gasteiger partial charge in [0.25, 0.3) is 0 Å². The predicted octanol–water partition coefficient (Wildman–Crippen LogP) is 3.57. The molecule has 0 saturated carbocycles. The lowest BCUT2D eigenvalue weighted by Crippen LogP contribution is -2.33. The number of benzene rings is 1. The second-order valence-corrected chi connectivity index (χ2v) is 6.88. The smallest absolute Gasteiger partial charge is 0.224 e. The summed E-state index contributed by atoms with van der Waals surface area (Å²) in [5, 5.41) is 2.38. The van der Waals surface area contributed by atoms with E-state index in [0.29, 0.717) is 0 Å². The Hall–Kier alpha value is -1.97. The predicted molar refractivity (Wildman–Crippen MR) is 85.3 cm³/mol. The zero-order chi connectivity index (χ0) is 15.6. The van der Waals surface area contributed by atoms with Gasteiger partial charge >= 0.3 is 0 Å². The number of carbonyl (C=O) groups is 1. The molecule has 0 fully saturated rings. The van der Waals surface area contributed by atoms with Crippen LogP contribution in [-0.4, -0.2) is 21.6 Å². The highest BCUT2D eigenvalue weighted by atomic mass is 16.3. The molecule has 22 heavy (non-hydrogen) atoms. The second-order valence-electron chi connectivity index (χ2n) is 6.88. The molecule has 114 valence electrons. The van der Waals surface area contributed by atoms with Crippen molar-refractivity contribution >= 4 is 16.6 Å². The van der Waals surface area contributed by atoms with E-state index < -0.39 is 0 Å². The fourth-order valence-electron chi connectivity index (χ4n) is 4.40. The molecule has 3 unspecified atom stereocenters. The van der Waals surface area contributed by atoms with Crippen molar-refractivity contribution in [1.82, 2.24) is 4.98 Å². The molecule has 2 aromatic rings. The first-order valence-corrected chi connectivity index (χ1v) is 8.10. The average Bonchev–Trinajstić information content (AvgIpc) is 2.90.